The molecule has 0 unspecified atom stereocenters. The number of halogens is 1. The fraction of sp³-hybridized carbons (Fsp3) is 0.417. The molecule has 1 aromatic carbocycles. The fourth-order valence-corrected chi connectivity index (χ4v) is 1.83. The number of carbonyl (C=O) groups is 1. The molecule has 0 aliphatic carbocycles. The Kier molecular flexibility index (Phi) is 5.25. The van der Waals surface area contributed by atoms with Crippen LogP contribution in [-0.4, -0.2) is 19.1 Å². The third-order valence-corrected chi connectivity index (χ3v) is 2.58. The Bertz CT molecular complexity index is 396. The molecule has 1 aliphatic heterocycles. The number of benzene rings is 1. The molecule has 17 heavy (non-hydrogen) atoms. The number of nitrogens with one attached hydrogen (secondary N) is 1. The minimum absolute atomic E-state index is 0. The van der Waals surface area contributed by atoms with Gasteiger partial charge in [-0.3, -0.25) is 4.79 Å². The molecule has 0 spiro atoms. The zero-order chi connectivity index (χ0) is 11.4. The lowest BCUT2D eigenvalue weighted by Gasteiger charge is -2.20. The molecule has 0 atom stereocenters. The van der Waals surface area contributed by atoms with E-state index in [4.69, 9.17) is 10.5 Å². The normalized spacial score (nSPS) is 13.0. The first-order valence-corrected chi connectivity index (χ1v) is 5.56. The van der Waals surface area contributed by atoms with E-state index in [0.717, 1.165) is 36.4 Å². The molecular weight excluding hydrogens is 240 g/mol. The van der Waals surface area contributed by atoms with Gasteiger partial charge in [0.2, 0.25) is 5.91 Å². The molecule has 5 heteroatoms. The van der Waals surface area contributed by atoms with E-state index in [-0.39, 0.29) is 18.3 Å². The number of fused-ring (bicyclic) bond motifs is 1. The van der Waals surface area contributed by atoms with Gasteiger partial charge in [0.05, 0.1) is 12.3 Å². The van der Waals surface area contributed by atoms with Gasteiger partial charge in [-0.05, 0) is 24.5 Å². The maximum atomic E-state index is 11.5. The minimum atomic E-state index is -0.0647. The summed E-state index contributed by atoms with van der Waals surface area (Å²) in [6.07, 6.45) is 2.38. The summed E-state index contributed by atoms with van der Waals surface area (Å²) in [5.41, 5.74) is 7.25. The fourth-order valence-electron chi connectivity index (χ4n) is 1.83. The molecule has 3 N–H and O–H groups in total. The summed E-state index contributed by atoms with van der Waals surface area (Å²) in [5, 5.41) is 2.83. The predicted molar refractivity (Wildman–Crippen MR) is 69.8 cm³/mol. The molecule has 1 aromatic rings. The van der Waals surface area contributed by atoms with E-state index in [1.54, 1.807) is 0 Å². The van der Waals surface area contributed by atoms with E-state index in [1.807, 2.05) is 18.2 Å². The van der Waals surface area contributed by atoms with Crippen LogP contribution in [-0.2, 0) is 11.2 Å². The van der Waals surface area contributed by atoms with E-state index in [2.05, 4.69) is 5.32 Å². The SMILES string of the molecule is Cl.NCCC(=O)Nc1cccc2c1OCCC2. The van der Waals surface area contributed by atoms with Crippen LogP contribution < -0.4 is 15.8 Å². The summed E-state index contributed by atoms with van der Waals surface area (Å²) in [5.74, 6) is 0.754. The van der Waals surface area contributed by atoms with Crippen molar-refractivity contribution < 1.29 is 9.53 Å². The van der Waals surface area contributed by atoms with Crippen molar-refractivity contribution in [3.63, 3.8) is 0 Å². The van der Waals surface area contributed by atoms with E-state index in [1.165, 1.54) is 0 Å². The molecule has 94 valence electrons. The first kappa shape index (κ1) is 13.8. The number of para-hydroxylation sites is 1. The van der Waals surface area contributed by atoms with Gasteiger partial charge in [0.1, 0.15) is 5.75 Å². The molecule has 0 radical (unpaired) electrons. The maximum absolute atomic E-state index is 11.5. The summed E-state index contributed by atoms with van der Waals surface area (Å²) in [6, 6.07) is 5.83. The first-order valence-electron chi connectivity index (χ1n) is 5.56. The third kappa shape index (κ3) is 3.35. The standard InChI is InChI=1S/C12H16N2O2.ClH/c13-7-6-11(15)14-10-5-1-3-9-4-2-8-16-12(9)10;/h1,3,5H,2,4,6-8,13H2,(H,14,15);1H. The average Bonchev–Trinajstić information content (AvgIpc) is 2.30. The molecule has 0 aromatic heterocycles. The Hall–Kier alpha value is -1.26. The van der Waals surface area contributed by atoms with Gasteiger partial charge in [0, 0.05) is 13.0 Å². The van der Waals surface area contributed by atoms with Gasteiger partial charge in [-0.1, -0.05) is 12.1 Å². The number of aryl methyl sites for hydroxylation is 1. The van der Waals surface area contributed by atoms with Crippen molar-refractivity contribution in [1.82, 2.24) is 0 Å². The van der Waals surface area contributed by atoms with Gasteiger partial charge in [-0.25, -0.2) is 0 Å². The van der Waals surface area contributed by atoms with Gasteiger partial charge in [0.15, 0.2) is 0 Å². The van der Waals surface area contributed by atoms with Crippen molar-refractivity contribution in [3.05, 3.63) is 23.8 Å². The van der Waals surface area contributed by atoms with Crippen LogP contribution in [0.4, 0.5) is 5.69 Å². The van der Waals surface area contributed by atoms with E-state index in [0.29, 0.717) is 13.0 Å². The van der Waals surface area contributed by atoms with Crippen LogP contribution in [0.2, 0.25) is 0 Å². The first-order chi connectivity index (χ1) is 7.81. The monoisotopic (exact) mass is 256 g/mol. The molecule has 0 saturated carbocycles. The van der Waals surface area contributed by atoms with Crippen molar-refractivity contribution in [2.45, 2.75) is 19.3 Å². The highest BCUT2D eigenvalue weighted by atomic mass is 35.5. The quantitative estimate of drug-likeness (QED) is 0.866. The van der Waals surface area contributed by atoms with Gasteiger partial charge in [-0.2, -0.15) is 0 Å². The second kappa shape index (κ2) is 6.47. The van der Waals surface area contributed by atoms with Crippen molar-refractivity contribution in [3.8, 4) is 5.75 Å². The van der Waals surface area contributed by atoms with Crippen LogP contribution in [0.15, 0.2) is 18.2 Å². The lowest BCUT2D eigenvalue weighted by Crippen LogP contribution is -2.18. The van der Waals surface area contributed by atoms with Gasteiger partial charge < -0.3 is 15.8 Å². The van der Waals surface area contributed by atoms with Gasteiger partial charge in [-0.15, -0.1) is 12.4 Å². The largest absolute Gasteiger partial charge is 0.491 e. The van der Waals surface area contributed by atoms with Crippen LogP contribution in [0, 0.1) is 0 Å². The highest BCUT2D eigenvalue weighted by Gasteiger charge is 2.15. The third-order valence-electron chi connectivity index (χ3n) is 2.58. The zero-order valence-electron chi connectivity index (χ0n) is 9.57. The Morgan fingerprint density at radius 2 is 2.29 bits per heavy atom. The molecule has 1 aliphatic rings. The number of amides is 1. The number of carbonyl (C=O) groups excluding carboxylic acids is 1. The summed E-state index contributed by atoms with van der Waals surface area (Å²) < 4.78 is 5.59. The number of hydrogen-bond acceptors (Lipinski definition) is 3. The lowest BCUT2D eigenvalue weighted by atomic mass is 10.1. The Morgan fingerprint density at radius 3 is 3.06 bits per heavy atom. The molecular formula is C12H17ClN2O2. The molecule has 0 saturated heterocycles. The number of nitrogens with two attached hydrogens (primary N) is 1. The molecule has 2 rings (SSSR count). The number of anilines is 1. The van der Waals surface area contributed by atoms with Crippen LogP contribution in [0.5, 0.6) is 5.75 Å². The number of rotatable bonds is 3. The number of ether oxygens (including phenoxy) is 1. The van der Waals surface area contributed by atoms with E-state index >= 15 is 0 Å². The highest BCUT2D eigenvalue weighted by molar-refractivity contribution is 5.92. The van der Waals surface area contributed by atoms with Gasteiger partial charge >= 0.3 is 0 Å². The topological polar surface area (TPSA) is 64.4 Å². The summed E-state index contributed by atoms with van der Waals surface area (Å²) >= 11 is 0. The van der Waals surface area contributed by atoms with Crippen LogP contribution in [0.3, 0.4) is 0 Å². The summed E-state index contributed by atoms with van der Waals surface area (Å²) in [7, 11) is 0. The molecule has 1 amide bonds. The van der Waals surface area contributed by atoms with Gasteiger partial charge in [0.25, 0.3) is 0 Å². The Labute approximate surface area is 107 Å². The summed E-state index contributed by atoms with van der Waals surface area (Å²) in [6.45, 7) is 1.08. The molecule has 0 bridgehead atoms. The van der Waals surface area contributed by atoms with Crippen LogP contribution in [0.1, 0.15) is 18.4 Å². The Balaban J connectivity index is 0.00000144. The zero-order valence-corrected chi connectivity index (χ0v) is 10.4. The van der Waals surface area contributed by atoms with Crippen LogP contribution >= 0.6 is 12.4 Å². The Morgan fingerprint density at radius 1 is 1.47 bits per heavy atom. The molecule has 0 fully saturated rings. The molecule has 4 nitrogen and oxygen atoms in total. The van der Waals surface area contributed by atoms with Crippen molar-refractivity contribution in [1.29, 1.82) is 0 Å². The highest BCUT2D eigenvalue weighted by Crippen LogP contribution is 2.32. The van der Waals surface area contributed by atoms with E-state index in [9.17, 15) is 4.79 Å². The van der Waals surface area contributed by atoms with E-state index < -0.39 is 0 Å². The average molecular weight is 257 g/mol. The predicted octanol–water partition coefficient (Wildman–Crippen LogP) is 1.72. The second-order valence-corrected chi connectivity index (χ2v) is 3.83. The van der Waals surface area contributed by atoms with Crippen LogP contribution in [0.25, 0.3) is 0 Å². The minimum Gasteiger partial charge on any atom is -0.491 e. The van der Waals surface area contributed by atoms with Crippen molar-refractivity contribution >= 4 is 24.0 Å². The van der Waals surface area contributed by atoms with Crippen molar-refractivity contribution in [2.75, 3.05) is 18.5 Å². The summed E-state index contributed by atoms with van der Waals surface area (Å²) in [4.78, 5) is 11.5. The second-order valence-electron chi connectivity index (χ2n) is 3.83. The number of hydrogen-bond donors (Lipinski definition) is 2. The maximum Gasteiger partial charge on any atom is 0.225 e. The molecule has 1 heterocycles. The smallest absolute Gasteiger partial charge is 0.225 e. The lowest BCUT2D eigenvalue weighted by molar-refractivity contribution is -0.116. The van der Waals surface area contributed by atoms with Crippen molar-refractivity contribution in [2.24, 2.45) is 5.73 Å².